The topological polar surface area (TPSA) is 62.6 Å². The second-order valence-corrected chi connectivity index (χ2v) is 5.08. The summed E-state index contributed by atoms with van der Waals surface area (Å²) in [6.45, 7) is 2.88. The Balaban J connectivity index is 1.97. The summed E-state index contributed by atoms with van der Waals surface area (Å²) in [6, 6.07) is 10.3. The van der Waals surface area contributed by atoms with E-state index in [0.29, 0.717) is 13.1 Å². The molecule has 5 nitrogen and oxygen atoms in total. The average Bonchev–Trinajstić information content (AvgIpc) is 3.00. The molecule has 1 aromatic heterocycles. The number of rotatable bonds is 2. The van der Waals surface area contributed by atoms with Gasteiger partial charge < -0.3 is 14.6 Å². The lowest BCUT2D eigenvalue weighted by atomic mass is 10.00. The van der Waals surface area contributed by atoms with Crippen molar-refractivity contribution in [1.29, 1.82) is 0 Å². The molecular weight excluding hydrogens is 268 g/mol. The highest BCUT2D eigenvalue weighted by Gasteiger charge is 2.35. The highest BCUT2D eigenvalue weighted by molar-refractivity contribution is 5.96. The summed E-state index contributed by atoms with van der Waals surface area (Å²) in [5, 5.41) is 2.82. The van der Waals surface area contributed by atoms with Gasteiger partial charge in [0.15, 0.2) is 5.76 Å². The molecule has 1 N–H and O–H groups in total. The minimum atomic E-state index is -0.615. The van der Waals surface area contributed by atoms with Crippen LogP contribution in [0.3, 0.4) is 0 Å². The number of nitrogens with zero attached hydrogens (tertiary/aromatic N) is 1. The average molecular weight is 284 g/mol. The van der Waals surface area contributed by atoms with Crippen molar-refractivity contribution in [3.05, 3.63) is 59.5 Å². The SMILES string of the molecule is Cc1cccc(C2C(=O)NCCN2C(=O)c2ccco2)c1. The first-order chi connectivity index (χ1) is 10.2. The number of nitrogens with one attached hydrogen (secondary N) is 1. The third kappa shape index (κ3) is 2.54. The summed E-state index contributed by atoms with van der Waals surface area (Å²) in [5.74, 6) is -0.171. The first-order valence-electron chi connectivity index (χ1n) is 6.85. The molecule has 1 saturated heterocycles. The van der Waals surface area contributed by atoms with Crippen LogP contribution in [0.2, 0.25) is 0 Å². The van der Waals surface area contributed by atoms with Gasteiger partial charge in [-0.3, -0.25) is 9.59 Å². The largest absolute Gasteiger partial charge is 0.459 e. The van der Waals surface area contributed by atoms with Crippen molar-refractivity contribution in [2.45, 2.75) is 13.0 Å². The van der Waals surface area contributed by atoms with E-state index in [0.717, 1.165) is 11.1 Å². The summed E-state index contributed by atoms with van der Waals surface area (Å²) in [5.41, 5.74) is 1.86. The van der Waals surface area contributed by atoms with Crippen molar-refractivity contribution < 1.29 is 14.0 Å². The van der Waals surface area contributed by atoms with E-state index in [2.05, 4.69) is 5.32 Å². The fraction of sp³-hybridized carbons (Fsp3) is 0.250. The lowest BCUT2D eigenvalue weighted by Gasteiger charge is -2.34. The Bertz CT molecular complexity index is 664. The van der Waals surface area contributed by atoms with Crippen molar-refractivity contribution in [3.8, 4) is 0 Å². The number of carbonyl (C=O) groups excluding carboxylic acids is 2. The number of carbonyl (C=O) groups is 2. The molecule has 0 saturated carbocycles. The number of hydrogen-bond acceptors (Lipinski definition) is 3. The maximum absolute atomic E-state index is 12.5. The Morgan fingerprint density at radius 3 is 2.90 bits per heavy atom. The van der Waals surface area contributed by atoms with E-state index in [9.17, 15) is 9.59 Å². The monoisotopic (exact) mass is 284 g/mol. The van der Waals surface area contributed by atoms with Crippen LogP contribution in [0.1, 0.15) is 27.7 Å². The number of benzene rings is 1. The molecule has 3 rings (SSSR count). The van der Waals surface area contributed by atoms with Gasteiger partial charge >= 0.3 is 0 Å². The van der Waals surface area contributed by atoms with E-state index in [4.69, 9.17) is 4.42 Å². The number of amides is 2. The standard InChI is InChI=1S/C16H16N2O3/c1-11-4-2-5-12(10-11)14-15(19)17-7-8-18(14)16(20)13-6-3-9-21-13/h2-6,9-10,14H,7-8H2,1H3,(H,17,19). The molecule has 1 atom stereocenters. The van der Waals surface area contributed by atoms with E-state index < -0.39 is 6.04 Å². The molecule has 0 spiro atoms. The van der Waals surface area contributed by atoms with Gasteiger partial charge in [-0.05, 0) is 24.6 Å². The van der Waals surface area contributed by atoms with E-state index >= 15 is 0 Å². The van der Waals surface area contributed by atoms with Crippen molar-refractivity contribution >= 4 is 11.8 Å². The van der Waals surface area contributed by atoms with Crippen molar-refractivity contribution in [1.82, 2.24) is 10.2 Å². The number of hydrogen-bond donors (Lipinski definition) is 1. The number of aryl methyl sites for hydroxylation is 1. The van der Waals surface area contributed by atoms with Gasteiger partial charge in [-0.1, -0.05) is 29.8 Å². The molecule has 2 amide bonds. The zero-order valence-electron chi connectivity index (χ0n) is 11.7. The predicted molar refractivity (Wildman–Crippen MR) is 76.7 cm³/mol. The number of piperazine rings is 1. The van der Waals surface area contributed by atoms with Crippen LogP contribution in [-0.2, 0) is 4.79 Å². The van der Waals surface area contributed by atoms with Crippen LogP contribution < -0.4 is 5.32 Å². The summed E-state index contributed by atoms with van der Waals surface area (Å²) in [7, 11) is 0. The van der Waals surface area contributed by atoms with E-state index in [1.807, 2.05) is 31.2 Å². The van der Waals surface area contributed by atoms with Crippen molar-refractivity contribution in [3.63, 3.8) is 0 Å². The minimum absolute atomic E-state index is 0.160. The maximum Gasteiger partial charge on any atom is 0.290 e. The van der Waals surface area contributed by atoms with Gasteiger partial charge in [-0.15, -0.1) is 0 Å². The van der Waals surface area contributed by atoms with Gasteiger partial charge in [0.25, 0.3) is 5.91 Å². The van der Waals surface area contributed by atoms with Crippen LogP contribution in [0, 0.1) is 6.92 Å². The lowest BCUT2D eigenvalue weighted by molar-refractivity contribution is -0.128. The molecule has 1 aliphatic heterocycles. The van der Waals surface area contributed by atoms with Gasteiger partial charge in [0.2, 0.25) is 5.91 Å². The van der Waals surface area contributed by atoms with Crippen LogP contribution in [-0.4, -0.2) is 29.8 Å². The molecule has 21 heavy (non-hydrogen) atoms. The van der Waals surface area contributed by atoms with Crippen LogP contribution in [0.5, 0.6) is 0 Å². The first kappa shape index (κ1) is 13.4. The molecule has 2 aromatic rings. The molecule has 2 heterocycles. The Morgan fingerprint density at radius 2 is 2.19 bits per heavy atom. The fourth-order valence-electron chi connectivity index (χ4n) is 2.60. The third-order valence-electron chi connectivity index (χ3n) is 3.56. The van der Waals surface area contributed by atoms with Gasteiger partial charge in [-0.25, -0.2) is 0 Å². The second kappa shape index (κ2) is 5.44. The Hall–Kier alpha value is -2.56. The van der Waals surface area contributed by atoms with Crippen LogP contribution in [0.4, 0.5) is 0 Å². The Kier molecular flexibility index (Phi) is 3.48. The Morgan fingerprint density at radius 1 is 1.33 bits per heavy atom. The highest BCUT2D eigenvalue weighted by atomic mass is 16.3. The second-order valence-electron chi connectivity index (χ2n) is 5.08. The van der Waals surface area contributed by atoms with Crippen molar-refractivity contribution in [2.75, 3.05) is 13.1 Å². The van der Waals surface area contributed by atoms with E-state index in [-0.39, 0.29) is 17.6 Å². The quantitative estimate of drug-likeness (QED) is 0.916. The van der Waals surface area contributed by atoms with E-state index in [1.165, 1.54) is 6.26 Å². The van der Waals surface area contributed by atoms with Crippen LogP contribution in [0.15, 0.2) is 47.1 Å². The molecule has 0 radical (unpaired) electrons. The summed E-state index contributed by atoms with van der Waals surface area (Å²) in [6.07, 6.45) is 1.46. The maximum atomic E-state index is 12.5. The molecule has 1 aromatic carbocycles. The third-order valence-corrected chi connectivity index (χ3v) is 3.56. The van der Waals surface area contributed by atoms with Crippen LogP contribution in [0.25, 0.3) is 0 Å². The smallest absolute Gasteiger partial charge is 0.290 e. The first-order valence-corrected chi connectivity index (χ1v) is 6.85. The zero-order valence-corrected chi connectivity index (χ0v) is 11.7. The molecule has 5 heteroatoms. The molecule has 1 unspecified atom stereocenters. The molecule has 0 aliphatic carbocycles. The normalized spacial score (nSPS) is 18.4. The van der Waals surface area contributed by atoms with Gasteiger partial charge in [0.05, 0.1) is 6.26 Å². The van der Waals surface area contributed by atoms with Crippen molar-refractivity contribution in [2.24, 2.45) is 0 Å². The molecular formula is C16H16N2O3. The summed E-state index contributed by atoms with van der Waals surface area (Å²) < 4.78 is 5.17. The highest BCUT2D eigenvalue weighted by Crippen LogP contribution is 2.25. The number of furan rings is 1. The molecule has 0 bridgehead atoms. The van der Waals surface area contributed by atoms with Gasteiger partial charge in [0.1, 0.15) is 6.04 Å². The predicted octanol–water partition coefficient (Wildman–Crippen LogP) is 1.90. The fourth-order valence-corrected chi connectivity index (χ4v) is 2.60. The molecule has 108 valence electrons. The Labute approximate surface area is 122 Å². The van der Waals surface area contributed by atoms with Gasteiger partial charge in [-0.2, -0.15) is 0 Å². The zero-order chi connectivity index (χ0) is 14.8. The molecule has 1 aliphatic rings. The van der Waals surface area contributed by atoms with Gasteiger partial charge in [0, 0.05) is 13.1 Å². The summed E-state index contributed by atoms with van der Waals surface area (Å²) >= 11 is 0. The molecule has 1 fully saturated rings. The van der Waals surface area contributed by atoms with Crippen LogP contribution >= 0.6 is 0 Å². The lowest BCUT2D eigenvalue weighted by Crippen LogP contribution is -2.52. The minimum Gasteiger partial charge on any atom is -0.459 e. The summed E-state index contributed by atoms with van der Waals surface area (Å²) in [4.78, 5) is 26.3. The van der Waals surface area contributed by atoms with E-state index in [1.54, 1.807) is 17.0 Å².